The van der Waals surface area contributed by atoms with Crippen molar-refractivity contribution >= 4 is 10.9 Å². The van der Waals surface area contributed by atoms with Gasteiger partial charge in [-0.3, -0.25) is 0 Å². The number of fused-ring (bicyclic) bond motifs is 2. The summed E-state index contributed by atoms with van der Waals surface area (Å²) in [5.41, 5.74) is 3.05. The lowest BCUT2D eigenvalue weighted by molar-refractivity contribution is 0.106. The molecule has 3 heterocycles. The first-order chi connectivity index (χ1) is 12.4. The fourth-order valence-electron chi connectivity index (χ4n) is 5.20. The first-order valence-corrected chi connectivity index (χ1v) is 9.99. The summed E-state index contributed by atoms with van der Waals surface area (Å²) in [5, 5.41) is 11.5. The van der Waals surface area contributed by atoms with Crippen molar-refractivity contribution < 1.29 is 5.11 Å². The molecule has 2 saturated heterocycles. The highest BCUT2D eigenvalue weighted by Crippen LogP contribution is 2.43. The molecule has 1 aromatic heterocycles. The summed E-state index contributed by atoms with van der Waals surface area (Å²) in [6.45, 7) is 13.8. The second-order valence-corrected chi connectivity index (χ2v) is 9.79. The van der Waals surface area contributed by atoms with Gasteiger partial charge in [-0.05, 0) is 29.4 Å². The quantitative estimate of drug-likeness (QED) is 0.866. The van der Waals surface area contributed by atoms with Crippen LogP contribution in [0, 0.1) is 16.7 Å². The normalized spacial score (nSPS) is 27.5. The second-order valence-electron chi connectivity index (χ2n) is 9.79. The van der Waals surface area contributed by atoms with Crippen LogP contribution in [0.5, 0.6) is 0 Å². The van der Waals surface area contributed by atoms with Gasteiger partial charge in [0, 0.05) is 61.8 Å². The summed E-state index contributed by atoms with van der Waals surface area (Å²) in [6, 6.07) is 8.55. The Bertz CT molecular complexity index is 762. The van der Waals surface area contributed by atoms with Crippen molar-refractivity contribution in [3.63, 3.8) is 0 Å². The minimum atomic E-state index is 0.0888. The molecule has 0 spiro atoms. The van der Waals surface area contributed by atoms with E-state index < -0.39 is 0 Å². The summed E-state index contributed by atoms with van der Waals surface area (Å²) < 4.78 is 0. The second kappa shape index (κ2) is 6.66. The third kappa shape index (κ3) is 3.42. The van der Waals surface area contributed by atoms with Gasteiger partial charge in [-0.2, -0.15) is 0 Å². The lowest BCUT2D eigenvalue weighted by atomic mass is 9.82. The molecule has 4 heteroatoms. The van der Waals surface area contributed by atoms with E-state index in [1.165, 1.54) is 16.5 Å². The maximum absolute atomic E-state index is 10.2. The van der Waals surface area contributed by atoms with Crippen LogP contribution in [0.4, 0.5) is 0 Å². The van der Waals surface area contributed by atoms with Gasteiger partial charge in [-0.15, -0.1) is 0 Å². The maximum atomic E-state index is 10.2. The fraction of sp³-hybridized carbons (Fsp3) is 0.636. The van der Waals surface area contributed by atoms with E-state index in [9.17, 15) is 5.11 Å². The largest absolute Gasteiger partial charge is 0.396 e. The van der Waals surface area contributed by atoms with E-state index in [1.54, 1.807) is 0 Å². The number of hydrogen-bond donors (Lipinski definition) is 2. The summed E-state index contributed by atoms with van der Waals surface area (Å²) in [4.78, 5) is 8.55. The highest BCUT2D eigenvalue weighted by Gasteiger charge is 2.52. The number of H-pyrrole nitrogens is 1. The number of aliphatic hydroxyl groups is 1. The first kappa shape index (κ1) is 18.0. The van der Waals surface area contributed by atoms with E-state index in [-0.39, 0.29) is 5.41 Å². The number of aromatic amines is 1. The van der Waals surface area contributed by atoms with E-state index in [0.29, 0.717) is 17.9 Å². The van der Waals surface area contributed by atoms with Gasteiger partial charge in [0.15, 0.2) is 0 Å². The van der Waals surface area contributed by atoms with Gasteiger partial charge < -0.3 is 19.9 Å². The molecule has 0 bridgehead atoms. The van der Waals surface area contributed by atoms with Crippen LogP contribution in [-0.2, 0) is 6.42 Å². The van der Waals surface area contributed by atoms with Crippen LogP contribution in [-0.4, -0.2) is 65.8 Å². The van der Waals surface area contributed by atoms with Crippen molar-refractivity contribution in [2.45, 2.75) is 27.2 Å². The molecule has 2 aliphatic heterocycles. The van der Waals surface area contributed by atoms with Crippen LogP contribution < -0.4 is 0 Å². The third-order valence-electron chi connectivity index (χ3n) is 6.29. The fourth-order valence-corrected chi connectivity index (χ4v) is 5.20. The molecule has 0 aliphatic carbocycles. The molecule has 2 unspecified atom stereocenters. The third-order valence-corrected chi connectivity index (χ3v) is 6.29. The Kier molecular flexibility index (Phi) is 4.62. The molecule has 142 valence electrons. The van der Waals surface area contributed by atoms with Gasteiger partial charge in [-0.25, -0.2) is 0 Å². The van der Waals surface area contributed by atoms with Crippen LogP contribution >= 0.6 is 0 Å². The average molecular weight is 356 g/mol. The molecule has 1 aromatic carbocycles. The lowest BCUT2D eigenvalue weighted by Crippen LogP contribution is -2.39. The summed E-state index contributed by atoms with van der Waals surface area (Å²) in [7, 11) is 0. The molecule has 2 fully saturated rings. The Morgan fingerprint density at radius 3 is 2.62 bits per heavy atom. The van der Waals surface area contributed by atoms with Crippen LogP contribution in [0.15, 0.2) is 30.5 Å². The minimum absolute atomic E-state index is 0.0888. The van der Waals surface area contributed by atoms with Crippen LogP contribution in [0.25, 0.3) is 10.9 Å². The first-order valence-electron chi connectivity index (χ1n) is 9.99. The Hall–Kier alpha value is -1.36. The molecular formula is C22H33N3O. The summed E-state index contributed by atoms with van der Waals surface area (Å²) in [6.07, 6.45) is 3.23. The number of aliphatic hydroxyl groups excluding tert-OH is 1. The van der Waals surface area contributed by atoms with E-state index >= 15 is 0 Å². The highest BCUT2D eigenvalue weighted by atomic mass is 16.3. The van der Waals surface area contributed by atoms with E-state index in [2.05, 4.69) is 66.0 Å². The average Bonchev–Trinajstić information content (AvgIpc) is 3.21. The highest BCUT2D eigenvalue weighted by molar-refractivity contribution is 5.83. The zero-order valence-electron chi connectivity index (χ0n) is 16.5. The number of para-hydroxylation sites is 1. The standard InChI is InChI=1S/C22H33N3O/c1-21(2,3)13-25-12-18-11-24(14-22(18,15-25)16-26)9-8-17-10-23-20-7-5-4-6-19(17)20/h4-7,10,18,23,26H,8-9,11-16H2,1-3H3. The van der Waals surface area contributed by atoms with Crippen LogP contribution in [0.3, 0.4) is 0 Å². The number of likely N-dealkylation sites (tertiary alicyclic amines) is 2. The maximum Gasteiger partial charge on any atom is 0.0515 e. The van der Waals surface area contributed by atoms with Crippen molar-refractivity contribution in [2.24, 2.45) is 16.7 Å². The molecule has 2 aromatic rings. The van der Waals surface area contributed by atoms with E-state index in [0.717, 1.165) is 45.7 Å². The molecule has 4 rings (SSSR count). The van der Waals surface area contributed by atoms with E-state index in [1.807, 2.05) is 0 Å². The Morgan fingerprint density at radius 1 is 1.15 bits per heavy atom. The summed E-state index contributed by atoms with van der Waals surface area (Å²) >= 11 is 0. The van der Waals surface area contributed by atoms with Crippen molar-refractivity contribution in [1.29, 1.82) is 0 Å². The van der Waals surface area contributed by atoms with Crippen molar-refractivity contribution in [3.8, 4) is 0 Å². The van der Waals surface area contributed by atoms with Gasteiger partial charge in [0.2, 0.25) is 0 Å². The van der Waals surface area contributed by atoms with Gasteiger partial charge in [-0.1, -0.05) is 39.0 Å². The van der Waals surface area contributed by atoms with Crippen molar-refractivity contribution in [2.75, 3.05) is 45.9 Å². The minimum Gasteiger partial charge on any atom is -0.396 e. The van der Waals surface area contributed by atoms with Gasteiger partial charge in [0.05, 0.1) is 6.61 Å². The number of hydrogen-bond acceptors (Lipinski definition) is 3. The smallest absolute Gasteiger partial charge is 0.0515 e. The molecule has 0 saturated carbocycles. The van der Waals surface area contributed by atoms with Gasteiger partial charge in [0.25, 0.3) is 0 Å². The predicted octanol–water partition coefficient (Wildman–Crippen LogP) is 2.98. The molecule has 2 aliphatic rings. The Balaban J connectivity index is 1.38. The molecule has 0 radical (unpaired) electrons. The molecule has 4 nitrogen and oxygen atoms in total. The van der Waals surface area contributed by atoms with Crippen LogP contribution in [0.1, 0.15) is 26.3 Å². The number of nitrogens with one attached hydrogen (secondary N) is 1. The Labute approximate surface area is 157 Å². The van der Waals surface area contributed by atoms with Gasteiger partial charge >= 0.3 is 0 Å². The lowest BCUT2D eigenvalue weighted by Gasteiger charge is -2.30. The monoisotopic (exact) mass is 355 g/mol. The topological polar surface area (TPSA) is 42.5 Å². The molecule has 26 heavy (non-hydrogen) atoms. The molecule has 2 atom stereocenters. The SMILES string of the molecule is CC(C)(C)CN1CC2CN(CCc3c[nH]c4ccccc34)CC2(CO)C1. The number of rotatable bonds is 5. The molecule has 2 N–H and O–H groups in total. The Morgan fingerprint density at radius 2 is 1.88 bits per heavy atom. The zero-order valence-corrected chi connectivity index (χ0v) is 16.5. The van der Waals surface area contributed by atoms with Crippen molar-refractivity contribution in [3.05, 3.63) is 36.0 Å². The predicted molar refractivity (Wildman–Crippen MR) is 107 cm³/mol. The van der Waals surface area contributed by atoms with Crippen LogP contribution in [0.2, 0.25) is 0 Å². The zero-order chi connectivity index (χ0) is 18.4. The van der Waals surface area contributed by atoms with E-state index in [4.69, 9.17) is 0 Å². The number of aromatic nitrogens is 1. The number of benzene rings is 1. The molecule has 0 amide bonds. The van der Waals surface area contributed by atoms with Crippen molar-refractivity contribution in [1.82, 2.24) is 14.8 Å². The number of nitrogens with zero attached hydrogens (tertiary/aromatic N) is 2. The van der Waals surface area contributed by atoms with Gasteiger partial charge in [0.1, 0.15) is 0 Å². The summed E-state index contributed by atoms with van der Waals surface area (Å²) in [5.74, 6) is 0.609. The molecular weight excluding hydrogens is 322 g/mol.